The predicted octanol–water partition coefficient (Wildman–Crippen LogP) is 1.88. The summed E-state index contributed by atoms with van der Waals surface area (Å²) in [6, 6.07) is 2.00. The van der Waals surface area contributed by atoms with Crippen LogP contribution in [0.5, 0.6) is 0 Å². The van der Waals surface area contributed by atoms with Crippen molar-refractivity contribution in [2.75, 3.05) is 13.2 Å². The van der Waals surface area contributed by atoms with Crippen molar-refractivity contribution in [1.82, 2.24) is 5.32 Å². The van der Waals surface area contributed by atoms with Gasteiger partial charge in [0.1, 0.15) is 0 Å². The maximum absolute atomic E-state index is 11.9. The molecule has 21 heavy (non-hydrogen) atoms. The van der Waals surface area contributed by atoms with Crippen LogP contribution in [0.15, 0.2) is 11.4 Å². The highest BCUT2D eigenvalue weighted by atomic mass is 32.1. The van der Waals surface area contributed by atoms with E-state index in [1.165, 1.54) is 0 Å². The average Bonchev–Trinajstić information content (AvgIpc) is 2.88. The third-order valence-corrected chi connectivity index (χ3v) is 4.45. The van der Waals surface area contributed by atoms with Gasteiger partial charge in [-0.05, 0) is 31.7 Å². The highest BCUT2D eigenvalue weighted by Crippen LogP contribution is 2.32. The Morgan fingerprint density at radius 1 is 1.57 bits per heavy atom. The Morgan fingerprint density at radius 3 is 3.10 bits per heavy atom. The van der Waals surface area contributed by atoms with Gasteiger partial charge in [0.2, 0.25) is 5.91 Å². The molecule has 1 aliphatic carbocycles. The first-order valence-electron chi connectivity index (χ1n) is 7.36. The van der Waals surface area contributed by atoms with Crippen molar-refractivity contribution in [3.63, 3.8) is 0 Å². The molecule has 4 nitrogen and oxygen atoms in total. The van der Waals surface area contributed by atoms with E-state index in [2.05, 4.69) is 17.2 Å². The maximum Gasteiger partial charge on any atom is 0.220 e. The van der Waals surface area contributed by atoms with Gasteiger partial charge in [0.25, 0.3) is 0 Å². The van der Waals surface area contributed by atoms with Gasteiger partial charge in [0, 0.05) is 28.8 Å². The van der Waals surface area contributed by atoms with Crippen molar-refractivity contribution in [3.8, 4) is 11.8 Å². The van der Waals surface area contributed by atoms with Crippen LogP contribution in [0.1, 0.15) is 36.6 Å². The van der Waals surface area contributed by atoms with Crippen molar-refractivity contribution < 1.29 is 9.53 Å². The van der Waals surface area contributed by atoms with Crippen LogP contribution in [0.3, 0.4) is 0 Å². The number of thiophene rings is 1. The van der Waals surface area contributed by atoms with E-state index < -0.39 is 0 Å². The van der Waals surface area contributed by atoms with E-state index in [1.807, 2.05) is 18.4 Å². The first-order valence-corrected chi connectivity index (χ1v) is 8.23. The summed E-state index contributed by atoms with van der Waals surface area (Å²) >= 11 is 1.61. The zero-order chi connectivity index (χ0) is 15.1. The molecule has 2 rings (SSSR count). The predicted molar refractivity (Wildman–Crippen MR) is 84.9 cm³/mol. The van der Waals surface area contributed by atoms with Gasteiger partial charge in [0.05, 0.1) is 19.2 Å². The molecule has 1 fully saturated rings. The molecule has 0 bridgehead atoms. The molecule has 1 aromatic rings. The zero-order valence-corrected chi connectivity index (χ0v) is 13.2. The molecule has 1 aliphatic rings. The summed E-state index contributed by atoms with van der Waals surface area (Å²) in [5, 5.41) is 4.96. The lowest BCUT2D eigenvalue weighted by Crippen LogP contribution is -2.35. The molecule has 1 amide bonds. The smallest absolute Gasteiger partial charge is 0.220 e. The van der Waals surface area contributed by atoms with Crippen LogP contribution in [-0.2, 0) is 16.1 Å². The first kappa shape index (κ1) is 16.0. The lowest BCUT2D eigenvalue weighted by Gasteiger charge is -2.34. The molecule has 0 unspecified atom stereocenters. The minimum absolute atomic E-state index is 0.123. The Kier molecular flexibility index (Phi) is 6.24. The van der Waals surface area contributed by atoms with Gasteiger partial charge in [0.15, 0.2) is 0 Å². The van der Waals surface area contributed by atoms with Crippen LogP contribution < -0.4 is 11.1 Å². The van der Waals surface area contributed by atoms with Crippen molar-refractivity contribution in [2.24, 2.45) is 11.7 Å². The molecule has 0 spiro atoms. The number of amides is 1. The van der Waals surface area contributed by atoms with Crippen LogP contribution in [0.25, 0.3) is 0 Å². The number of carbonyl (C=O) groups excluding carboxylic acids is 1. The Morgan fingerprint density at radius 2 is 2.38 bits per heavy atom. The quantitative estimate of drug-likeness (QED) is 0.789. The van der Waals surface area contributed by atoms with E-state index in [1.54, 1.807) is 11.3 Å². The van der Waals surface area contributed by atoms with E-state index in [0.29, 0.717) is 31.5 Å². The highest BCUT2D eigenvalue weighted by Gasteiger charge is 2.30. The van der Waals surface area contributed by atoms with Gasteiger partial charge in [-0.1, -0.05) is 11.8 Å². The van der Waals surface area contributed by atoms with Gasteiger partial charge >= 0.3 is 0 Å². The number of nitrogens with two attached hydrogens (primary N) is 1. The van der Waals surface area contributed by atoms with Gasteiger partial charge in [-0.2, -0.15) is 0 Å². The van der Waals surface area contributed by atoms with E-state index in [4.69, 9.17) is 10.5 Å². The normalized spacial score (nSPS) is 20.3. The van der Waals surface area contributed by atoms with Crippen LogP contribution in [0.2, 0.25) is 0 Å². The second kappa shape index (κ2) is 8.18. The number of ether oxygens (including phenoxy) is 1. The topological polar surface area (TPSA) is 64.3 Å². The van der Waals surface area contributed by atoms with Gasteiger partial charge in [-0.25, -0.2) is 0 Å². The number of rotatable bonds is 6. The van der Waals surface area contributed by atoms with Crippen molar-refractivity contribution in [3.05, 3.63) is 21.9 Å². The first-order chi connectivity index (χ1) is 10.2. The van der Waals surface area contributed by atoms with Crippen LogP contribution in [0, 0.1) is 17.8 Å². The monoisotopic (exact) mass is 306 g/mol. The van der Waals surface area contributed by atoms with Crippen molar-refractivity contribution >= 4 is 17.2 Å². The molecule has 1 saturated carbocycles. The third-order valence-electron chi connectivity index (χ3n) is 3.52. The molecule has 0 aromatic carbocycles. The molecule has 0 atom stereocenters. The molecule has 1 heterocycles. The second-order valence-electron chi connectivity index (χ2n) is 5.20. The summed E-state index contributed by atoms with van der Waals surface area (Å²) in [5.41, 5.74) is 6.31. The van der Waals surface area contributed by atoms with Crippen LogP contribution in [-0.4, -0.2) is 25.2 Å². The molecule has 5 heteroatoms. The fraction of sp³-hybridized carbons (Fsp3) is 0.562. The fourth-order valence-electron chi connectivity index (χ4n) is 2.43. The summed E-state index contributed by atoms with van der Waals surface area (Å²) in [7, 11) is 0. The Labute approximate surface area is 130 Å². The molecule has 3 N–H and O–H groups in total. The van der Waals surface area contributed by atoms with Gasteiger partial charge in [-0.3, -0.25) is 4.79 Å². The second-order valence-corrected chi connectivity index (χ2v) is 6.20. The standard InChI is InChI=1S/C16H22N2O2S/c1-2-20-14-6-13(7-14)9-16(19)18-10-15-8-12(11-21-15)4-3-5-17/h8,11,13-14H,2,5-7,9-10,17H2,1H3,(H,18,19). The van der Waals surface area contributed by atoms with E-state index in [0.717, 1.165) is 29.9 Å². The maximum atomic E-state index is 11.9. The van der Waals surface area contributed by atoms with E-state index >= 15 is 0 Å². The average molecular weight is 306 g/mol. The molecule has 114 valence electrons. The highest BCUT2D eigenvalue weighted by molar-refractivity contribution is 7.10. The molecule has 1 aromatic heterocycles. The lowest BCUT2D eigenvalue weighted by molar-refractivity contribution is -0.124. The summed E-state index contributed by atoms with van der Waals surface area (Å²) in [4.78, 5) is 13.0. The fourth-order valence-corrected chi connectivity index (χ4v) is 3.18. The van der Waals surface area contributed by atoms with E-state index in [9.17, 15) is 4.79 Å². The Bertz CT molecular complexity index is 524. The Balaban J connectivity index is 1.66. The summed E-state index contributed by atoms with van der Waals surface area (Å²) in [5.74, 6) is 6.42. The van der Waals surface area contributed by atoms with Crippen LogP contribution >= 0.6 is 11.3 Å². The molecule has 0 aliphatic heterocycles. The van der Waals surface area contributed by atoms with Crippen molar-refractivity contribution in [1.29, 1.82) is 0 Å². The molecule has 0 radical (unpaired) electrons. The number of carbonyl (C=O) groups is 1. The summed E-state index contributed by atoms with van der Waals surface area (Å²) in [6.07, 6.45) is 3.00. The summed E-state index contributed by atoms with van der Waals surface area (Å²) < 4.78 is 5.50. The minimum atomic E-state index is 0.123. The van der Waals surface area contributed by atoms with Crippen LogP contribution in [0.4, 0.5) is 0 Å². The van der Waals surface area contributed by atoms with Gasteiger partial charge < -0.3 is 15.8 Å². The number of nitrogens with one attached hydrogen (secondary N) is 1. The van der Waals surface area contributed by atoms with E-state index in [-0.39, 0.29) is 5.91 Å². The molecular formula is C16H22N2O2S. The molecule has 0 saturated heterocycles. The van der Waals surface area contributed by atoms with Gasteiger partial charge in [-0.15, -0.1) is 11.3 Å². The minimum Gasteiger partial charge on any atom is -0.378 e. The molecular weight excluding hydrogens is 284 g/mol. The largest absolute Gasteiger partial charge is 0.378 e. The SMILES string of the molecule is CCOC1CC(CC(=O)NCc2cc(C#CCN)cs2)C1. The third kappa shape index (κ3) is 5.16. The summed E-state index contributed by atoms with van der Waals surface area (Å²) in [6.45, 7) is 3.71. The Hall–Kier alpha value is -1.35. The number of hydrogen-bond acceptors (Lipinski definition) is 4. The van der Waals surface area contributed by atoms with Crippen molar-refractivity contribution in [2.45, 2.75) is 38.8 Å². The zero-order valence-electron chi connectivity index (χ0n) is 12.4. The number of hydrogen-bond donors (Lipinski definition) is 2. The lowest BCUT2D eigenvalue weighted by atomic mass is 9.80.